The number of anilines is 1. The van der Waals surface area contributed by atoms with Gasteiger partial charge in [0, 0.05) is 37.5 Å². The molecule has 1 N–H and O–H groups in total. The molecule has 1 amide bonds. The third-order valence-electron chi connectivity index (χ3n) is 3.40. The summed E-state index contributed by atoms with van der Waals surface area (Å²) in [6, 6.07) is 4.43. The maximum absolute atomic E-state index is 12.5. The van der Waals surface area contributed by atoms with E-state index in [0.717, 1.165) is 38.9 Å². The van der Waals surface area contributed by atoms with Crippen LogP contribution in [-0.2, 0) is 0 Å². The molecule has 20 heavy (non-hydrogen) atoms. The van der Waals surface area contributed by atoms with Crippen molar-refractivity contribution in [3.8, 4) is 0 Å². The topological polar surface area (TPSA) is 75.5 Å². The van der Waals surface area contributed by atoms with Crippen LogP contribution in [0.5, 0.6) is 0 Å². The lowest BCUT2D eigenvalue weighted by atomic mass is 10.1. The Balaban J connectivity index is 2.31. The normalized spacial score (nSPS) is 14.3. The van der Waals surface area contributed by atoms with Crippen LogP contribution < -0.4 is 5.32 Å². The number of benzene rings is 1. The molecule has 1 fully saturated rings. The van der Waals surface area contributed by atoms with Crippen molar-refractivity contribution in [2.75, 3.05) is 25.0 Å². The zero-order chi connectivity index (χ0) is 14.5. The van der Waals surface area contributed by atoms with E-state index >= 15 is 0 Å². The van der Waals surface area contributed by atoms with Crippen LogP contribution in [0.1, 0.15) is 36.5 Å². The average molecular weight is 277 g/mol. The Labute approximate surface area is 117 Å². The third kappa shape index (κ3) is 3.07. The predicted molar refractivity (Wildman–Crippen MR) is 77.0 cm³/mol. The molecule has 0 radical (unpaired) electrons. The monoisotopic (exact) mass is 277 g/mol. The number of nitrogens with one attached hydrogen (secondary N) is 1. The molecule has 1 aliphatic rings. The summed E-state index contributed by atoms with van der Waals surface area (Å²) >= 11 is 0. The van der Waals surface area contributed by atoms with Gasteiger partial charge in [-0.3, -0.25) is 14.9 Å². The molecule has 0 atom stereocenters. The Morgan fingerprint density at radius 2 is 2.10 bits per heavy atom. The minimum atomic E-state index is -0.468. The number of nitrogens with zero attached hydrogens (tertiary/aromatic N) is 2. The second-order valence-corrected chi connectivity index (χ2v) is 4.91. The van der Waals surface area contributed by atoms with Gasteiger partial charge in [0.2, 0.25) is 0 Å². The standard InChI is InChI=1S/C14H19N3O3/c1-2-7-15-13-6-5-11(17(19)20)10-12(13)14(18)16-8-3-4-9-16/h5-6,10,15H,2-4,7-9H2,1H3. The molecule has 108 valence electrons. The van der Waals surface area contributed by atoms with Gasteiger partial charge in [0.1, 0.15) is 0 Å². The highest BCUT2D eigenvalue weighted by molar-refractivity contribution is 6.00. The Bertz CT molecular complexity index is 510. The van der Waals surface area contributed by atoms with Gasteiger partial charge in [-0.25, -0.2) is 0 Å². The van der Waals surface area contributed by atoms with Crippen LogP contribution in [0.4, 0.5) is 11.4 Å². The number of nitro benzene ring substituents is 1. The molecular weight excluding hydrogens is 258 g/mol. The Morgan fingerprint density at radius 3 is 2.70 bits per heavy atom. The summed E-state index contributed by atoms with van der Waals surface area (Å²) in [6.45, 7) is 4.22. The summed E-state index contributed by atoms with van der Waals surface area (Å²) in [7, 11) is 0. The van der Waals surface area contributed by atoms with Crippen molar-refractivity contribution in [1.82, 2.24) is 4.90 Å². The summed E-state index contributed by atoms with van der Waals surface area (Å²) in [5.74, 6) is -0.121. The van der Waals surface area contributed by atoms with Gasteiger partial charge >= 0.3 is 0 Å². The fourth-order valence-electron chi connectivity index (χ4n) is 2.33. The predicted octanol–water partition coefficient (Wildman–Crippen LogP) is 2.65. The number of carbonyl (C=O) groups excluding carboxylic acids is 1. The Kier molecular flexibility index (Phi) is 4.55. The highest BCUT2D eigenvalue weighted by Crippen LogP contribution is 2.25. The molecule has 6 nitrogen and oxygen atoms in total. The first-order chi connectivity index (χ1) is 9.63. The molecule has 0 saturated carbocycles. The molecule has 6 heteroatoms. The van der Waals surface area contributed by atoms with Gasteiger partial charge < -0.3 is 10.2 Å². The van der Waals surface area contributed by atoms with E-state index in [9.17, 15) is 14.9 Å². The van der Waals surface area contributed by atoms with Gasteiger partial charge in [-0.2, -0.15) is 0 Å². The molecule has 0 bridgehead atoms. The molecule has 1 saturated heterocycles. The van der Waals surface area contributed by atoms with Crippen molar-refractivity contribution in [2.45, 2.75) is 26.2 Å². The molecule has 0 unspecified atom stereocenters. The zero-order valence-corrected chi connectivity index (χ0v) is 11.6. The molecule has 0 spiro atoms. The van der Waals surface area contributed by atoms with Crippen molar-refractivity contribution in [3.05, 3.63) is 33.9 Å². The van der Waals surface area contributed by atoms with Crippen molar-refractivity contribution in [3.63, 3.8) is 0 Å². The summed E-state index contributed by atoms with van der Waals surface area (Å²) < 4.78 is 0. The number of nitro groups is 1. The van der Waals surface area contributed by atoms with Crippen LogP contribution in [0.3, 0.4) is 0 Å². The Hall–Kier alpha value is -2.11. The van der Waals surface area contributed by atoms with Crippen LogP contribution in [0, 0.1) is 10.1 Å². The number of hydrogen-bond donors (Lipinski definition) is 1. The van der Waals surface area contributed by atoms with Crippen molar-refractivity contribution in [2.24, 2.45) is 0 Å². The van der Waals surface area contributed by atoms with Gasteiger partial charge in [-0.05, 0) is 25.3 Å². The number of amides is 1. The number of non-ortho nitro benzene ring substituents is 1. The van der Waals surface area contributed by atoms with Crippen LogP contribution in [-0.4, -0.2) is 35.4 Å². The van der Waals surface area contributed by atoms with Crippen LogP contribution >= 0.6 is 0 Å². The van der Waals surface area contributed by atoms with Gasteiger partial charge in [0.25, 0.3) is 11.6 Å². The molecule has 2 rings (SSSR count). The first-order valence-electron chi connectivity index (χ1n) is 6.95. The van der Waals surface area contributed by atoms with Gasteiger partial charge in [-0.15, -0.1) is 0 Å². The van der Waals surface area contributed by atoms with E-state index in [2.05, 4.69) is 5.32 Å². The van der Waals surface area contributed by atoms with E-state index in [-0.39, 0.29) is 11.6 Å². The van der Waals surface area contributed by atoms with Crippen molar-refractivity contribution in [1.29, 1.82) is 0 Å². The van der Waals surface area contributed by atoms with Crippen LogP contribution in [0.2, 0.25) is 0 Å². The maximum atomic E-state index is 12.5. The summed E-state index contributed by atoms with van der Waals surface area (Å²) in [4.78, 5) is 24.6. The largest absolute Gasteiger partial charge is 0.384 e. The quantitative estimate of drug-likeness (QED) is 0.663. The van der Waals surface area contributed by atoms with E-state index in [1.165, 1.54) is 12.1 Å². The van der Waals surface area contributed by atoms with E-state index in [1.54, 1.807) is 11.0 Å². The fourth-order valence-corrected chi connectivity index (χ4v) is 2.33. The molecule has 0 aromatic heterocycles. The summed E-state index contributed by atoms with van der Waals surface area (Å²) in [5.41, 5.74) is 1.03. The minimum absolute atomic E-state index is 0.0467. The van der Waals surface area contributed by atoms with Crippen molar-refractivity contribution >= 4 is 17.3 Å². The molecule has 0 aliphatic carbocycles. The highest BCUT2D eigenvalue weighted by atomic mass is 16.6. The van der Waals surface area contributed by atoms with Gasteiger partial charge in [0.05, 0.1) is 10.5 Å². The molecule has 1 aliphatic heterocycles. The van der Waals surface area contributed by atoms with Crippen LogP contribution in [0.15, 0.2) is 18.2 Å². The van der Waals surface area contributed by atoms with E-state index in [4.69, 9.17) is 0 Å². The number of rotatable bonds is 5. The maximum Gasteiger partial charge on any atom is 0.270 e. The lowest BCUT2D eigenvalue weighted by molar-refractivity contribution is -0.384. The van der Waals surface area contributed by atoms with Crippen molar-refractivity contribution < 1.29 is 9.72 Å². The second-order valence-electron chi connectivity index (χ2n) is 4.91. The van der Waals surface area contributed by atoms with E-state index in [0.29, 0.717) is 11.3 Å². The number of hydrogen-bond acceptors (Lipinski definition) is 4. The third-order valence-corrected chi connectivity index (χ3v) is 3.40. The van der Waals surface area contributed by atoms with Gasteiger partial charge in [-0.1, -0.05) is 6.92 Å². The van der Waals surface area contributed by atoms with E-state index in [1.807, 2.05) is 6.92 Å². The first kappa shape index (κ1) is 14.3. The molecule has 1 aromatic rings. The molecule has 1 aromatic carbocycles. The zero-order valence-electron chi connectivity index (χ0n) is 11.6. The number of likely N-dealkylation sites (tertiary alicyclic amines) is 1. The van der Waals surface area contributed by atoms with Crippen LogP contribution in [0.25, 0.3) is 0 Å². The lowest BCUT2D eigenvalue weighted by Crippen LogP contribution is -2.28. The Morgan fingerprint density at radius 1 is 1.40 bits per heavy atom. The molecular formula is C14H19N3O3. The average Bonchev–Trinajstić information content (AvgIpc) is 2.98. The smallest absolute Gasteiger partial charge is 0.270 e. The minimum Gasteiger partial charge on any atom is -0.384 e. The summed E-state index contributed by atoms with van der Waals surface area (Å²) in [6.07, 6.45) is 2.92. The highest BCUT2D eigenvalue weighted by Gasteiger charge is 2.23. The molecule has 1 heterocycles. The van der Waals surface area contributed by atoms with Gasteiger partial charge in [0.15, 0.2) is 0 Å². The van der Waals surface area contributed by atoms with E-state index < -0.39 is 4.92 Å². The first-order valence-corrected chi connectivity index (χ1v) is 6.95. The lowest BCUT2D eigenvalue weighted by Gasteiger charge is -2.18. The summed E-state index contributed by atoms with van der Waals surface area (Å²) in [5, 5.41) is 14.0. The number of carbonyl (C=O) groups is 1. The SMILES string of the molecule is CCCNc1ccc([N+](=O)[O-])cc1C(=O)N1CCCC1. The fraction of sp³-hybridized carbons (Fsp3) is 0.500. The second kappa shape index (κ2) is 6.36.